The molecule has 0 aliphatic rings. The van der Waals surface area contributed by atoms with E-state index >= 15 is 0 Å². The Morgan fingerprint density at radius 1 is 1.15 bits per heavy atom. The Hall–Kier alpha value is -1.95. The third kappa shape index (κ3) is 3.54. The first-order chi connectivity index (χ1) is 9.50. The van der Waals surface area contributed by atoms with E-state index in [1.54, 1.807) is 25.6 Å². The maximum atomic E-state index is 12.5. The summed E-state index contributed by atoms with van der Waals surface area (Å²) in [5, 5.41) is 3.09. The van der Waals surface area contributed by atoms with Crippen molar-refractivity contribution in [2.75, 3.05) is 7.05 Å². The predicted molar refractivity (Wildman–Crippen MR) is 69.0 cm³/mol. The Bertz CT molecular complexity index is 538. The minimum absolute atomic E-state index is 0.0829. The molecule has 2 rings (SSSR count). The Morgan fingerprint density at radius 3 is 2.35 bits per heavy atom. The van der Waals surface area contributed by atoms with Gasteiger partial charge in [0.15, 0.2) is 0 Å². The van der Waals surface area contributed by atoms with Gasteiger partial charge in [-0.2, -0.15) is 13.2 Å². The fourth-order valence-electron chi connectivity index (χ4n) is 1.91. The van der Waals surface area contributed by atoms with E-state index in [0.717, 1.165) is 23.4 Å². The van der Waals surface area contributed by atoms with Gasteiger partial charge in [0.2, 0.25) is 0 Å². The van der Waals surface area contributed by atoms with E-state index in [1.165, 1.54) is 12.1 Å². The summed E-state index contributed by atoms with van der Waals surface area (Å²) in [4.78, 5) is 8.19. The molecule has 0 radical (unpaired) electrons. The van der Waals surface area contributed by atoms with Crippen LogP contribution in [0.15, 0.2) is 42.9 Å². The summed E-state index contributed by atoms with van der Waals surface area (Å²) >= 11 is 0. The van der Waals surface area contributed by atoms with Crippen LogP contribution in [-0.2, 0) is 12.6 Å². The molecule has 20 heavy (non-hydrogen) atoms. The molecule has 1 heterocycles. The zero-order valence-electron chi connectivity index (χ0n) is 10.9. The lowest BCUT2D eigenvalue weighted by Gasteiger charge is -2.15. The minimum Gasteiger partial charge on any atom is -0.311 e. The molecular formula is C14H14F3N3. The normalized spacial score (nSPS) is 13.2. The van der Waals surface area contributed by atoms with E-state index in [0.29, 0.717) is 6.42 Å². The van der Waals surface area contributed by atoms with Gasteiger partial charge in [0.25, 0.3) is 0 Å². The molecule has 0 saturated heterocycles. The van der Waals surface area contributed by atoms with Crippen molar-refractivity contribution in [3.05, 3.63) is 59.7 Å². The van der Waals surface area contributed by atoms with Gasteiger partial charge in [-0.25, -0.2) is 0 Å². The highest BCUT2D eigenvalue weighted by atomic mass is 19.4. The highest BCUT2D eigenvalue weighted by Crippen LogP contribution is 2.29. The van der Waals surface area contributed by atoms with Gasteiger partial charge in [-0.15, -0.1) is 0 Å². The standard InChI is InChI=1S/C14H14F3N3/c1-18-12(13-9-19-6-7-20-13)8-10-2-4-11(5-3-10)14(15,16)17/h2-7,9,12,18H,8H2,1H3. The number of nitrogens with zero attached hydrogens (tertiary/aromatic N) is 2. The topological polar surface area (TPSA) is 37.8 Å². The monoisotopic (exact) mass is 281 g/mol. The number of rotatable bonds is 4. The Morgan fingerprint density at radius 2 is 1.85 bits per heavy atom. The van der Waals surface area contributed by atoms with Gasteiger partial charge in [-0.1, -0.05) is 12.1 Å². The third-order valence-corrected chi connectivity index (χ3v) is 3.01. The van der Waals surface area contributed by atoms with E-state index < -0.39 is 11.7 Å². The lowest BCUT2D eigenvalue weighted by molar-refractivity contribution is -0.137. The van der Waals surface area contributed by atoms with Crippen molar-refractivity contribution in [2.24, 2.45) is 0 Å². The largest absolute Gasteiger partial charge is 0.416 e. The van der Waals surface area contributed by atoms with Crippen LogP contribution in [0.4, 0.5) is 13.2 Å². The number of likely N-dealkylation sites (N-methyl/N-ethyl adjacent to an activating group) is 1. The number of alkyl halides is 3. The number of halogens is 3. The smallest absolute Gasteiger partial charge is 0.311 e. The van der Waals surface area contributed by atoms with Crippen LogP contribution in [0, 0.1) is 0 Å². The zero-order valence-corrected chi connectivity index (χ0v) is 10.9. The molecule has 3 nitrogen and oxygen atoms in total. The highest BCUT2D eigenvalue weighted by molar-refractivity contribution is 5.26. The third-order valence-electron chi connectivity index (χ3n) is 3.01. The van der Waals surface area contributed by atoms with Gasteiger partial charge < -0.3 is 5.32 Å². The van der Waals surface area contributed by atoms with Gasteiger partial charge in [0, 0.05) is 18.6 Å². The molecule has 1 N–H and O–H groups in total. The molecule has 0 aliphatic carbocycles. The first-order valence-electron chi connectivity index (χ1n) is 6.10. The van der Waals surface area contributed by atoms with Crippen LogP contribution in [-0.4, -0.2) is 17.0 Å². The lowest BCUT2D eigenvalue weighted by Crippen LogP contribution is -2.20. The van der Waals surface area contributed by atoms with Gasteiger partial charge in [-0.3, -0.25) is 9.97 Å². The van der Waals surface area contributed by atoms with Crippen LogP contribution in [0.3, 0.4) is 0 Å². The lowest BCUT2D eigenvalue weighted by atomic mass is 10.0. The molecule has 1 atom stereocenters. The van der Waals surface area contributed by atoms with Crippen LogP contribution in [0.2, 0.25) is 0 Å². The van der Waals surface area contributed by atoms with E-state index in [9.17, 15) is 13.2 Å². The quantitative estimate of drug-likeness (QED) is 0.936. The second kappa shape index (κ2) is 6.00. The highest BCUT2D eigenvalue weighted by Gasteiger charge is 2.30. The molecule has 106 valence electrons. The fourth-order valence-corrected chi connectivity index (χ4v) is 1.91. The van der Waals surface area contributed by atoms with Crippen molar-refractivity contribution in [3.63, 3.8) is 0 Å². The van der Waals surface area contributed by atoms with Crippen molar-refractivity contribution in [3.8, 4) is 0 Å². The summed E-state index contributed by atoms with van der Waals surface area (Å²) < 4.78 is 37.4. The Balaban J connectivity index is 2.13. The molecule has 1 aromatic heterocycles. The van der Waals surface area contributed by atoms with Crippen LogP contribution >= 0.6 is 0 Å². The summed E-state index contributed by atoms with van der Waals surface area (Å²) in [7, 11) is 1.78. The van der Waals surface area contributed by atoms with Crippen molar-refractivity contribution < 1.29 is 13.2 Å². The van der Waals surface area contributed by atoms with Crippen LogP contribution in [0.1, 0.15) is 22.9 Å². The number of hydrogen-bond donors (Lipinski definition) is 1. The maximum Gasteiger partial charge on any atom is 0.416 e. The van der Waals surface area contributed by atoms with Gasteiger partial charge >= 0.3 is 6.18 Å². The average molecular weight is 281 g/mol. The first kappa shape index (κ1) is 14.5. The van der Waals surface area contributed by atoms with Crippen molar-refractivity contribution in [1.29, 1.82) is 0 Å². The minimum atomic E-state index is -4.30. The number of nitrogens with one attached hydrogen (secondary N) is 1. The fraction of sp³-hybridized carbons (Fsp3) is 0.286. The van der Waals surface area contributed by atoms with Gasteiger partial charge in [0.1, 0.15) is 0 Å². The average Bonchev–Trinajstić information content (AvgIpc) is 2.45. The van der Waals surface area contributed by atoms with Crippen LogP contribution in [0.25, 0.3) is 0 Å². The molecule has 1 unspecified atom stereocenters. The molecule has 6 heteroatoms. The molecule has 0 spiro atoms. The van der Waals surface area contributed by atoms with Gasteiger partial charge in [0.05, 0.1) is 17.3 Å². The molecule has 0 saturated carbocycles. The number of benzene rings is 1. The summed E-state index contributed by atoms with van der Waals surface area (Å²) in [6.45, 7) is 0. The predicted octanol–water partition coefficient (Wildman–Crippen LogP) is 3.00. The zero-order chi connectivity index (χ0) is 14.6. The second-order valence-corrected chi connectivity index (χ2v) is 4.37. The molecule has 1 aromatic carbocycles. The SMILES string of the molecule is CNC(Cc1ccc(C(F)(F)F)cc1)c1cnccn1. The number of aromatic nitrogens is 2. The van der Waals surface area contributed by atoms with Gasteiger partial charge in [-0.05, 0) is 31.2 Å². The molecule has 2 aromatic rings. The molecular weight excluding hydrogens is 267 g/mol. The first-order valence-corrected chi connectivity index (χ1v) is 6.10. The maximum absolute atomic E-state index is 12.5. The van der Waals surface area contributed by atoms with Crippen molar-refractivity contribution in [2.45, 2.75) is 18.6 Å². The van der Waals surface area contributed by atoms with Crippen LogP contribution in [0.5, 0.6) is 0 Å². The summed E-state index contributed by atoms with van der Waals surface area (Å²) in [6.07, 6.45) is 1.06. The van der Waals surface area contributed by atoms with Crippen molar-refractivity contribution >= 4 is 0 Å². The van der Waals surface area contributed by atoms with E-state index in [-0.39, 0.29) is 6.04 Å². The summed E-state index contributed by atoms with van der Waals surface area (Å²) in [5.41, 5.74) is 0.930. The van der Waals surface area contributed by atoms with E-state index in [4.69, 9.17) is 0 Å². The molecule has 0 amide bonds. The van der Waals surface area contributed by atoms with E-state index in [2.05, 4.69) is 15.3 Å². The molecule has 0 bridgehead atoms. The Labute approximate surface area is 114 Å². The molecule has 0 fully saturated rings. The van der Waals surface area contributed by atoms with Crippen molar-refractivity contribution in [1.82, 2.24) is 15.3 Å². The second-order valence-electron chi connectivity index (χ2n) is 4.37. The van der Waals surface area contributed by atoms with E-state index in [1.807, 2.05) is 0 Å². The number of hydrogen-bond acceptors (Lipinski definition) is 3. The van der Waals surface area contributed by atoms with Crippen LogP contribution < -0.4 is 5.32 Å². The molecule has 0 aliphatic heterocycles. The Kier molecular flexibility index (Phi) is 4.34. The summed E-state index contributed by atoms with van der Waals surface area (Å²) in [5.74, 6) is 0. The summed E-state index contributed by atoms with van der Waals surface area (Å²) in [6, 6.07) is 5.09.